The maximum Gasteiger partial charge on any atom is 0.419 e. The molecule has 4 fully saturated rings. The average Bonchev–Trinajstić information content (AvgIpc) is 3.85. The summed E-state index contributed by atoms with van der Waals surface area (Å²) in [4.78, 5) is 33.1. The van der Waals surface area contributed by atoms with Gasteiger partial charge in [-0.15, -0.1) is 0 Å². The second kappa shape index (κ2) is 7.97. The van der Waals surface area contributed by atoms with Gasteiger partial charge in [0.05, 0.1) is 34.5 Å². The summed E-state index contributed by atoms with van der Waals surface area (Å²) < 4.78 is 60.2. The number of carbonyl (C=O) groups excluding carboxylic acids is 1. The van der Waals surface area contributed by atoms with Gasteiger partial charge in [-0.1, -0.05) is 0 Å². The van der Waals surface area contributed by atoms with Crippen LogP contribution >= 0.6 is 11.5 Å². The molecule has 3 saturated carbocycles. The third-order valence-electron chi connectivity index (χ3n) is 8.63. The van der Waals surface area contributed by atoms with Crippen LogP contribution in [0.25, 0.3) is 11.4 Å². The van der Waals surface area contributed by atoms with Gasteiger partial charge in [0.1, 0.15) is 23.0 Å². The number of anilines is 3. The minimum Gasteiger partial charge on any atom is -0.388 e. The Balaban J connectivity index is 1.01. The molecule has 4 aromatic heterocycles. The van der Waals surface area contributed by atoms with Gasteiger partial charge in [-0.3, -0.25) is 9.48 Å². The largest absolute Gasteiger partial charge is 0.419 e. The Kier molecular flexibility index (Phi) is 4.83. The highest BCUT2D eigenvalue weighted by Crippen LogP contribution is 2.82. The molecule has 8 rings (SSSR count). The van der Waals surface area contributed by atoms with E-state index < -0.39 is 40.8 Å². The molecule has 5 atom stereocenters. The van der Waals surface area contributed by atoms with E-state index in [0.717, 1.165) is 22.8 Å². The van der Waals surface area contributed by atoms with E-state index in [1.807, 2.05) is 6.92 Å². The number of aryl methyl sites for hydroxylation is 2. The summed E-state index contributed by atoms with van der Waals surface area (Å²) in [6.45, 7) is 1.84. The van der Waals surface area contributed by atoms with Gasteiger partial charge in [0.2, 0.25) is 17.0 Å². The van der Waals surface area contributed by atoms with Crippen molar-refractivity contribution in [2.75, 3.05) is 10.2 Å². The number of aromatic nitrogens is 7. The lowest BCUT2D eigenvalue weighted by Crippen LogP contribution is -2.49. The number of alkyl halides is 3. The molecule has 42 heavy (non-hydrogen) atoms. The molecule has 1 aliphatic heterocycles. The molecule has 0 spiro atoms. The SMILES string of the molecule is Cc1nn(C)cc1-c1nsc(Nc2ccc(C(=O)N3[C@H]4CC4N(c4ncc(C(F)(F)F)cn4)C45CC34C5O)c(F)n2)n1. The monoisotopic (exact) mass is 600 g/mol. The minimum atomic E-state index is -4.57. The second-order valence-electron chi connectivity index (χ2n) is 11.0. The average molecular weight is 601 g/mol. The highest BCUT2D eigenvalue weighted by molar-refractivity contribution is 7.09. The van der Waals surface area contributed by atoms with Crippen LogP contribution in [-0.4, -0.2) is 79.3 Å². The fraction of sp³-hybridized carbons (Fsp3) is 0.400. The molecule has 4 unspecified atom stereocenters. The predicted molar refractivity (Wildman–Crippen MR) is 138 cm³/mol. The molecule has 0 bridgehead atoms. The number of rotatable bonds is 5. The van der Waals surface area contributed by atoms with Crippen LogP contribution in [0.15, 0.2) is 30.7 Å². The molecule has 216 valence electrons. The molecule has 0 radical (unpaired) electrons. The van der Waals surface area contributed by atoms with Crippen molar-refractivity contribution in [1.29, 1.82) is 0 Å². The van der Waals surface area contributed by atoms with Crippen molar-refractivity contribution in [2.45, 2.75) is 55.2 Å². The first-order chi connectivity index (χ1) is 20.0. The normalized spacial score (nSPS) is 28.6. The van der Waals surface area contributed by atoms with Crippen LogP contribution in [0.2, 0.25) is 0 Å². The lowest BCUT2D eigenvalue weighted by atomic mass is 10.2. The number of pyridine rings is 1. The second-order valence-corrected chi connectivity index (χ2v) is 11.7. The first-order valence-corrected chi connectivity index (χ1v) is 13.7. The number of fused-ring (bicyclic) bond motifs is 1. The van der Waals surface area contributed by atoms with E-state index >= 15 is 4.39 Å². The lowest BCUT2D eigenvalue weighted by Gasteiger charge is -2.32. The van der Waals surface area contributed by atoms with Gasteiger partial charge in [-0.05, 0) is 25.5 Å². The number of amides is 1. The van der Waals surface area contributed by atoms with Crippen molar-refractivity contribution in [2.24, 2.45) is 7.05 Å². The topological polar surface area (TPSA) is 138 Å². The summed E-state index contributed by atoms with van der Waals surface area (Å²) in [6, 6.07) is 2.12. The van der Waals surface area contributed by atoms with Crippen molar-refractivity contribution in [3.8, 4) is 11.4 Å². The third kappa shape index (κ3) is 3.28. The first kappa shape index (κ1) is 25.5. The lowest BCUT2D eigenvalue weighted by molar-refractivity contribution is -0.138. The standard InChI is InChI=1S/C25H20F4N10O2S/c1-10-13(8-37(2)35-10)18-34-22(42-36-18)33-16-4-3-12(17(26)32-16)19(40)38-14-5-15(14)39(24-9-23(24,38)20(24)41)21-30-6-11(7-31-21)25(27,28)29/h3-4,6-8,14-15,20,41H,5,9H2,1-2H3,(H,32,33,34,36)/t14-,15?,20?,23?,24?/m0/s1. The van der Waals surface area contributed by atoms with Crippen molar-refractivity contribution in [1.82, 2.24) is 39.0 Å². The van der Waals surface area contributed by atoms with Crippen LogP contribution in [0.5, 0.6) is 0 Å². The Morgan fingerprint density at radius 3 is 2.57 bits per heavy atom. The Bertz CT molecular complexity index is 1790. The number of hydrogen-bond acceptors (Lipinski definition) is 11. The molecule has 5 heterocycles. The van der Waals surface area contributed by atoms with Gasteiger partial charge in [0.25, 0.3) is 5.91 Å². The van der Waals surface area contributed by atoms with Crippen molar-refractivity contribution >= 4 is 34.3 Å². The predicted octanol–water partition coefficient (Wildman–Crippen LogP) is 2.69. The number of carbonyl (C=O) groups is 1. The van der Waals surface area contributed by atoms with Crippen molar-refractivity contribution in [3.05, 3.63) is 53.5 Å². The fourth-order valence-electron chi connectivity index (χ4n) is 6.50. The maximum absolute atomic E-state index is 15.2. The Hall–Kier alpha value is -4.25. The zero-order valence-corrected chi connectivity index (χ0v) is 22.7. The molecule has 12 nitrogen and oxygen atoms in total. The van der Waals surface area contributed by atoms with Gasteiger partial charge < -0.3 is 20.2 Å². The molecular formula is C25H20F4N10O2S. The minimum absolute atomic E-state index is 0.0721. The van der Waals surface area contributed by atoms with E-state index in [1.54, 1.807) is 22.8 Å². The molecule has 1 saturated heterocycles. The molecule has 2 N–H and O–H groups in total. The van der Waals surface area contributed by atoms with E-state index in [2.05, 4.69) is 34.7 Å². The van der Waals surface area contributed by atoms with Crippen LogP contribution in [0.4, 0.5) is 34.5 Å². The summed E-state index contributed by atoms with van der Waals surface area (Å²) in [6.07, 6.45) is -1.43. The van der Waals surface area contributed by atoms with Crippen LogP contribution in [0.3, 0.4) is 0 Å². The van der Waals surface area contributed by atoms with Crippen LogP contribution in [-0.2, 0) is 13.2 Å². The summed E-state index contributed by atoms with van der Waals surface area (Å²) in [5.74, 6) is -0.913. The molecule has 4 aliphatic rings. The van der Waals surface area contributed by atoms with E-state index in [0.29, 0.717) is 36.2 Å². The highest BCUT2D eigenvalue weighted by Gasteiger charge is 3.01. The van der Waals surface area contributed by atoms with Gasteiger partial charge in [0.15, 0.2) is 5.82 Å². The number of aliphatic hydroxyl groups is 1. The van der Waals surface area contributed by atoms with Crippen molar-refractivity contribution < 1.29 is 27.5 Å². The number of nitrogens with one attached hydrogen (secondary N) is 1. The van der Waals surface area contributed by atoms with Crippen LogP contribution in [0.1, 0.15) is 34.5 Å². The van der Waals surface area contributed by atoms with Gasteiger partial charge in [-0.25, -0.2) is 15.0 Å². The fourth-order valence-corrected chi connectivity index (χ4v) is 7.09. The number of halogens is 4. The van der Waals surface area contributed by atoms with E-state index in [4.69, 9.17) is 0 Å². The third-order valence-corrected chi connectivity index (χ3v) is 9.26. The molecule has 0 aromatic carbocycles. The van der Waals surface area contributed by atoms with E-state index in [1.165, 1.54) is 17.0 Å². The number of piperazine rings is 1. The van der Waals surface area contributed by atoms with E-state index in [9.17, 15) is 23.1 Å². The number of nitrogens with zero attached hydrogens (tertiary/aromatic N) is 9. The summed E-state index contributed by atoms with van der Waals surface area (Å²) >= 11 is 1.07. The van der Waals surface area contributed by atoms with Crippen LogP contribution in [0, 0.1) is 12.9 Å². The summed E-state index contributed by atoms with van der Waals surface area (Å²) in [7, 11) is 1.79. The zero-order valence-electron chi connectivity index (χ0n) is 21.8. The number of aliphatic hydroxyl groups excluding tert-OH is 1. The molecular weight excluding hydrogens is 580 g/mol. The molecule has 4 aromatic rings. The maximum atomic E-state index is 15.2. The van der Waals surface area contributed by atoms with Gasteiger partial charge >= 0.3 is 6.18 Å². The van der Waals surface area contributed by atoms with Crippen molar-refractivity contribution in [3.63, 3.8) is 0 Å². The molecule has 1 amide bonds. The quantitative estimate of drug-likeness (QED) is 0.260. The molecule has 17 heteroatoms. The van der Waals surface area contributed by atoms with Crippen LogP contribution < -0.4 is 10.2 Å². The van der Waals surface area contributed by atoms with Gasteiger partial charge in [0, 0.05) is 43.6 Å². The van der Waals surface area contributed by atoms with Gasteiger partial charge in [-0.2, -0.15) is 32.0 Å². The highest BCUT2D eigenvalue weighted by atomic mass is 32.1. The zero-order chi connectivity index (χ0) is 29.3. The molecule has 3 aliphatic carbocycles. The van der Waals surface area contributed by atoms with E-state index in [-0.39, 0.29) is 29.4 Å². The number of hydrogen-bond donors (Lipinski definition) is 2. The Morgan fingerprint density at radius 1 is 1.17 bits per heavy atom. The smallest absolute Gasteiger partial charge is 0.388 e. The Morgan fingerprint density at radius 2 is 1.93 bits per heavy atom. The summed E-state index contributed by atoms with van der Waals surface area (Å²) in [5.41, 5.74) is -1.55. The first-order valence-electron chi connectivity index (χ1n) is 12.9. The summed E-state index contributed by atoms with van der Waals surface area (Å²) in [5, 5.41) is 18.5. The Labute approximate surface area is 238 Å².